The summed E-state index contributed by atoms with van der Waals surface area (Å²) < 4.78 is 70.1. The molecule has 0 aliphatic heterocycles. The number of nitrogens with one attached hydrogen (secondary N) is 1. The number of carbonyl (C=O) groups excluding carboxylic acids is 1. The third-order valence-corrected chi connectivity index (χ3v) is 6.08. The van der Waals surface area contributed by atoms with Gasteiger partial charge in [0.1, 0.15) is 37.4 Å². The van der Waals surface area contributed by atoms with Gasteiger partial charge in [0.05, 0.1) is 20.4 Å². The van der Waals surface area contributed by atoms with Gasteiger partial charge in [0.25, 0.3) is 5.69 Å². The van der Waals surface area contributed by atoms with E-state index in [1.54, 1.807) is 0 Å². The maximum Gasteiger partial charge on any atom is 1.00 e. The summed E-state index contributed by atoms with van der Waals surface area (Å²) >= 11 is 0. The zero-order chi connectivity index (χ0) is 26.3. The monoisotopic (exact) mass is 570 g/mol. The number of nitro groups is 1. The molecule has 0 bridgehead atoms. The molecular formula is C18H12N4Na2O11S2. The second-order valence-corrected chi connectivity index (χ2v) is 9.59. The minimum absolute atomic E-state index is 0. The van der Waals surface area contributed by atoms with Crippen LogP contribution in [0.4, 0.5) is 22.7 Å². The van der Waals surface area contributed by atoms with Gasteiger partial charge in [-0.05, 0) is 29.7 Å². The van der Waals surface area contributed by atoms with Crippen LogP contribution in [0, 0.1) is 10.1 Å². The van der Waals surface area contributed by atoms with Gasteiger partial charge in [0.2, 0.25) is 5.91 Å². The van der Waals surface area contributed by atoms with E-state index in [9.17, 15) is 51.1 Å². The number of nitro benzene ring substituents is 1. The molecule has 3 aromatic rings. The van der Waals surface area contributed by atoms with Crippen LogP contribution in [0.5, 0.6) is 11.5 Å². The normalized spacial score (nSPS) is 11.5. The van der Waals surface area contributed by atoms with Crippen molar-refractivity contribution in [2.24, 2.45) is 10.2 Å². The van der Waals surface area contributed by atoms with Gasteiger partial charge in [-0.25, -0.2) is 16.8 Å². The van der Waals surface area contributed by atoms with Crippen LogP contribution < -0.4 is 64.4 Å². The van der Waals surface area contributed by atoms with Crippen molar-refractivity contribution < 1.29 is 105 Å². The van der Waals surface area contributed by atoms with Crippen LogP contribution in [0.2, 0.25) is 0 Å². The van der Waals surface area contributed by atoms with Gasteiger partial charge in [-0.3, -0.25) is 14.9 Å². The standard InChI is InChI=1S/C18H14N4O11S2.2Na/c1-8(23)19-13-7-11(34(28,29)30)4-9-5-15(35(31,32)33)17(18(25)16(9)13)21-20-12-6-10(22(26)27)2-3-14(12)24;;/h2-7,24-25H,1H3,(H,19,23)(H,28,29,30)(H,31,32,33);;/q;2*+1/p-2. The Morgan fingerprint density at radius 2 is 1.59 bits per heavy atom. The van der Waals surface area contributed by atoms with Crippen molar-refractivity contribution in [3.8, 4) is 11.5 Å². The van der Waals surface area contributed by atoms with Crippen molar-refractivity contribution >= 4 is 59.7 Å². The van der Waals surface area contributed by atoms with E-state index < -0.39 is 85.9 Å². The van der Waals surface area contributed by atoms with E-state index >= 15 is 0 Å². The maximum absolute atomic E-state index is 11.9. The van der Waals surface area contributed by atoms with Gasteiger partial charge in [-0.1, -0.05) is 0 Å². The number of azo groups is 1. The van der Waals surface area contributed by atoms with E-state index in [0.29, 0.717) is 18.2 Å². The Morgan fingerprint density at radius 3 is 2.11 bits per heavy atom. The third-order valence-electron chi connectivity index (χ3n) is 4.42. The zero-order valence-corrected chi connectivity index (χ0v) is 24.8. The Bertz CT molecular complexity index is 1660. The number of anilines is 1. The number of phenolic OH excluding ortho intramolecular Hbond substituents is 2. The molecule has 15 nitrogen and oxygen atoms in total. The van der Waals surface area contributed by atoms with Gasteiger partial charge in [0.15, 0.2) is 5.75 Å². The first kappa shape index (κ1) is 32.8. The van der Waals surface area contributed by atoms with Gasteiger partial charge in [-0.2, -0.15) is 0 Å². The Labute approximate surface area is 252 Å². The first-order chi connectivity index (χ1) is 16.1. The molecule has 0 atom stereocenters. The molecule has 0 saturated carbocycles. The fraction of sp³-hybridized carbons (Fsp3) is 0.0556. The molecular weight excluding hydrogens is 558 g/mol. The maximum atomic E-state index is 11.9. The van der Waals surface area contributed by atoms with Crippen molar-refractivity contribution in [2.75, 3.05) is 5.32 Å². The summed E-state index contributed by atoms with van der Waals surface area (Å²) in [6, 6.07) is 4.58. The Kier molecular flexibility index (Phi) is 10.8. The van der Waals surface area contributed by atoms with Crippen LogP contribution in [-0.2, 0) is 25.0 Å². The summed E-state index contributed by atoms with van der Waals surface area (Å²) in [5, 5.41) is 39.8. The summed E-state index contributed by atoms with van der Waals surface area (Å²) in [5.41, 5.74) is -2.47. The molecule has 184 valence electrons. The predicted molar refractivity (Wildman–Crippen MR) is 115 cm³/mol. The van der Waals surface area contributed by atoms with E-state index in [1.165, 1.54) is 0 Å². The van der Waals surface area contributed by atoms with E-state index in [4.69, 9.17) is 0 Å². The van der Waals surface area contributed by atoms with Gasteiger partial charge in [-0.15, -0.1) is 10.2 Å². The topological polar surface area (TPSA) is 252 Å². The summed E-state index contributed by atoms with van der Waals surface area (Å²) in [6.45, 7) is 1.02. The molecule has 3 N–H and O–H groups in total. The van der Waals surface area contributed by atoms with E-state index in [-0.39, 0.29) is 59.1 Å². The number of nitrogens with zero attached hydrogens (tertiary/aromatic N) is 3. The molecule has 0 aliphatic rings. The Hall–Kier alpha value is -2.19. The molecule has 0 radical (unpaired) electrons. The summed E-state index contributed by atoms with van der Waals surface area (Å²) in [7, 11) is -10.5. The quantitative estimate of drug-likeness (QED) is 0.0856. The Morgan fingerprint density at radius 1 is 0.973 bits per heavy atom. The van der Waals surface area contributed by atoms with Crippen LogP contribution in [-0.4, -0.2) is 47.0 Å². The average Bonchev–Trinajstić information content (AvgIpc) is 2.71. The largest absolute Gasteiger partial charge is 1.00 e. The minimum Gasteiger partial charge on any atom is -0.744 e. The number of carbonyl (C=O) groups is 1. The number of hydrogen-bond donors (Lipinski definition) is 3. The zero-order valence-electron chi connectivity index (χ0n) is 19.2. The first-order valence-corrected chi connectivity index (χ1v) is 11.8. The molecule has 0 heterocycles. The van der Waals surface area contributed by atoms with Crippen LogP contribution in [0.1, 0.15) is 6.92 Å². The van der Waals surface area contributed by atoms with Crippen LogP contribution in [0.15, 0.2) is 56.4 Å². The molecule has 0 aliphatic carbocycles. The molecule has 19 heteroatoms. The molecule has 0 unspecified atom stereocenters. The van der Waals surface area contributed by atoms with Gasteiger partial charge in [0, 0.05) is 24.4 Å². The van der Waals surface area contributed by atoms with Crippen molar-refractivity contribution in [2.45, 2.75) is 16.7 Å². The smallest absolute Gasteiger partial charge is 0.744 e. The SMILES string of the molecule is CC(=O)Nc1cc(S(=O)(=O)[O-])cc2cc(S(=O)(=O)[O-])c(N=Nc3cc([N+](=O)[O-])ccc3O)c(O)c12.[Na+].[Na+]. The molecule has 0 saturated heterocycles. The average molecular weight is 570 g/mol. The van der Waals surface area contributed by atoms with E-state index in [0.717, 1.165) is 25.1 Å². The summed E-state index contributed by atoms with van der Waals surface area (Å²) in [6.07, 6.45) is 0. The van der Waals surface area contributed by atoms with Crippen molar-refractivity contribution in [1.29, 1.82) is 0 Å². The minimum atomic E-state index is -5.42. The number of aromatic hydroxyl groups is 2. The molecule has 0 aromatic heterocycles. The molecule has 0 fully saturated rings. The summed E-state index contributed by atoms with van der Waals surface area (Å²) in [4.78, 5) is 19.6. The van der Waals surface area contributed by atoms with E-state index in [2.05, 4.69) is 15.5 Å². The number of hydrogen-bond acceptors (Lipinski definition) is 13. The molecule has 1 amide bonds. The van der Waals surface area contributed by atoms with Crippen molar-refractivity contribution in [1.82, 2.24) is 0 Å². The summed E-state index contributed by atoms with van der Waals surface area (Å²) in [5.74, 6) is -2.45. The number of amides is 1. The molecule has 3 rings (SSSR count). The van der Waals surface area contributed by atoms with Gasteiger partial charge < -0.3 is 24.6 Å². The van der Waals surface area contributed by atoms with Crippen molar-refractivity contribution in [3.63, 3.8) is 0 Å². The third kappa shape index (κ3) is 7.44. The second-order valence-electron chi connectivity index (χ2n) is 6.86. The molecule has 0 spiro atoms. The Balaban J connectivity index is 0.00000342. The molecule has 37 heavy (non-hydrogen) atoms. The van der Waals surface area contributed by atoms with Crippen LogP contribution in [0.3, 0.4) is 0 Å². The number of rotatable bonds is 6. The fourth-order valence-corrected chi connectivity index (χ4v) is 4.17. The van der Waals surface area contributed by atoms with Gasteiger partial charge >= 0.3 is 59.1 Å². The fourth-order valence-electron chi connectivity index (χ4n) is 2.99. The van der Waals surface area contributed by atoms with Crippen LogP contribution >= 0.6 is 0 Å². The number of non-ortho nitro benzene ring substituents is 1. The number of fused-ring (bicyclic) bond motifs is 1. The second kappa shape index (κ2) is 12.1. The van der Waals surface area contributed by atoms with Crippen LogP contribution in [0.25, 0.3) is 10.8 Å². The predicted octanol–water partition coefficient (Wildman–Crippen LogP) is -3.65. The van der Waals surface area contributed by atoms with Crippen molar-refractivity contribution in [3.05, 3.63) is 46.5 Å². The number of benzene rings is 3. The number of phenols is 2. The molecule has 3 aromatic carbocycles. The van der Waals surface area contributed by atoms with E-state index in [1.807, 2.05) is 0 Å². The first-order valence-electron chi connectivity index (χ1n) is 9.02.